The van der Waals surface area contributed by atoms with Gasteiger partial charge in [0.2, 0.25) is 0 Å². The number of hydrogen-bond acceptors (Lipinski definition) is 3. The first-order valence-electron chi connectivity index (χ1n) is 7.44. The minimum Gasteiger partial charge on any atom is -0.300 e. The molecule has 20 heavy (non-hydrogen) atoms. The van der Waals surface area contributed by atoms with Gasteiger partial charge in [-0.3, -0.25) is 14.8 Å². The second kappa shape index (κ2) is 4.42. The Kier molecular flexibility index (Phi) is 2.67. The maximum Gasteiger partial charge on any atom is 0.136 e. The molecule has 4 nitrogen and oxygen atoms in total. The fourth-order valence-electron chi connectivity index (χ4n) is 3.69. The number of ketones is 1. The average Bonchev–Trinajstić information content (AvgIpc) is 2.86. The number of fused-ring (bicyclic) bond motifs is 1. The molecule has 2 fully saturated rings. The van der Waals surface area contributed by atoms with Crippen LogP contribution in [0.1, 0.15) is 37.7 Å². The second-order valence-electron chi connectivity index (χ2n) is 6.26. The van der Waals surface area contributed by atoms with E-state index in [9.17, 15) is 4.79 Å². The molecule has 1 N–H and O–H groups in total. The van der Waals surface area contributed by atoms with Crippen molar-refractivity contribution in [1.82, 2.24) is 15.1 Å². The van der Waals surface area contributed by atoms with Crippen molar-refractivity contribution in [2.75, 3.05) is 6.54 Å². The molecule has 1 spiro atoms. The first kappa shape index (κ1) is 12.1. The number of carbonyl (C=O) groups excluding carboxylic acids is 1. The number of hydrogen-bond donors (Lipinski definition) is 1. The lowest BCUT2D eigenvalue weighted by molar-refractivity contribution is -0.131. The zero-order chi connectivity index (χ0) is 13.6. The second-order valence-corrected chi connectivity index (χ2v) is 6.26. The van der Waals surface area contributed by atoms with Crippen LogP contribution in [0.2, 0.25) is 0 Å². The third kappa shape index (κ3) is 1.86. The van der Waals surface area contributed by atoms with E-state index in [1.54, 1.807) is 0 Å². The van der Waals surface area contributed by atoms with Crippen molar-refractivity contribution in [2.45, 2.75) is 44.2 Å². The van der Waals surface area contributed by atoms with Gasteiger partial charge in [-0.05, 0) is 30.9 Å². The van der Waals surface area contributed by atoms with Crippen LogP contribution in [0.25, 0.3) is 10.9 Å². The minimum absolute atomic E-state index is 0.179. The Balaban J connectivity index is 1.59. The lowest BCUT2D eigenvalue weighted by Gasteiger charge is -2.52. The Morgan fingerprint density at radius 1 is 1.35 bits per heavy atom. The van der Waals surface area contributed by atoms with E-state index in [-0.39, 0.29) is 5.54 Å². The summed E-state index contributed by atoms with van der Waals surface area (Å²) in [5.41, 5.74) is 2.58. The SMILES string of the molecule is O=C1CCN(Cc2ccc3cn[nH]c3c2)C2(CCC2)C1. The van der Waals surface area contributed by atoms with Crippen molar-refractivity contribution in [3.63, 3.8) is 0 Å². The van der Waals surface area contributed by atoms with Gasteiger partial charge in [0, 0.05) is 36.9 Å². The monoisotopic (exact) mass is 269 g/mol. The Bertz CT molecular complexity index is 657. The Hall–Kier alpha value is -1.68. The summed E-state index contributed by atoms with van der Waals surface area (Å²) in [4.78, 5) is 14.3. The normalized spacial score (nSPS) is 22.3. The van der Waals surface area contributed by atoms with E-state index in [1.165, 1.54) is 24.8 Å². The highest BCUT2D eigenvalue weighted by atomic mass is 16.1. The van der Waals surface area contributed by atoms with Crippen LogP contribution in [-0.4, -0.2) is 33.0 Å². The van der Waals surface area contributed by atoms with Gasteiger partial charge in [-0.15, -0.1) is 0 Å². The van der Waals surface area contributed by atoms with Crippen molar-refractivity contribution in [1.29, 1.82) is 0 Å². The predicted molar refractivity (Wildman–Crippen MR) is 77.3 cm³/mol. The van der Waals surface area contributed by atoms with E-state index in [2.05, 4.69) is 33.3 Å². The van der Waals surface area contributed by atoms with Crippen molar-refractivity contribution in [2.24, 2.45) is 0 Å². The van der Waals surface area contributed by atoms with E-state index in [0.29, 0.717) is 12.2 Å². The third-order valence-electron chi connectivity index (χ3n) is 5.02. The summed E-state index contributed by atoms with van der Waals surface area (Å²) in [5, 5.41) is 8.26. The number of benzene rings is 1. The molecule has 1 aliphatic heterocycles. The number of nitrogens with zero attached hydrogens (tertiary/aromatic N) is 2. The molecular weight excluding hydrogens is 250 g/mol. The summed E-state index contributed by atoms with van der Waals surface area (Å²) in [5.74, 6) is 0.449. The molecule has 0 bridgehead atoms. The number of nitrogens with one attached hydrogen (secondary N) is 1. The summed E-state index contributed by atoms with van der Waals surface area (Å²) in [6.45, 7) is 1.86. The van der Waals surface area contributed by atoms with Crippen LogP contribution in [0.4, 0.5) is 0 Å². The molecule has 0 atom stereocenters. The van der Waals surface area contributed by atoms with Crippen LogP contribution in [0.15, 0.2) is 24.4 Å². The van der Waals surface area contributed by atoms with Gasteiger partial charge in [0.25, 0.3) is 0 Å². The molecular formula is C16H19N3O. The molecule has 4 rings (SSSR count). The molecule has 4 heteroatoms. The van der Waals surface area contributed by atoms with Crippen molar-refractivity contribution in [3.8, 4) is 0 Å². The van der Waals surface area contributed by atoms with E-state index in [0.717, 1.165) is 30.4 Å². The van der Waals surface area contributed by atoms with Gasteiger partial charge in [-0.25, -0.2) is 0 Å². The van der Waals surface area contributed by atoms with Gasteiger partial charge >= 0.3 is 0 Å². The first-order valence-corrected chi connectivity index (χ1v) is 7.44. The van der Waals surface area contributed by atoms with Crippen LogP contribution in [0.3, 0.4) is 0 Å². The highest BCUT2D eigenvalue weighted by Gasteiger charge is 2.46. The molecule has 0 radical (unpaired) electrons. The van der Waals surface area contributed by atoms with E-state index in [1.807, 2.05) is 6.20 Å². The molecule has 2 heterocycles. The molecule has 0 amide bonds. The number of aromatic nitrogens is 2. The molecule has 1 aliphatic carbocycles. The summed E-state index contributed by atoms with van der Waals surface area (Å²) in [7, 11) is 0. The molecule has 0 unspecified atom stereocenters. The van der Waals surface area contributed by atoms with Crippen molar-refractivity contribution < 1.29 is 4.79 Å². The zero-order valence-corrected chi connectivity index (χ0v) is 11.6. The maximum atomic E-state index is 11.8. The Morgan fingerprint density at radius 3 is 3.05 bits per heavy atom. The van der Waals surface area contributed by atoms with E-state index >= 15 is 0 Å². The third-order valence-corrected chi connectivity index (χ3v) is 5.02. The highest BCUT2D eigenvalue weighted by molar-refractivity contribution is 5.81. The van der Waals surface area contributed by atoms with Crippen molar-refractivity contribution in [3.05, 3.63) is 30.0 Å². The summed E-state index contributed by atoms with van der Waals surface area (Å²) in [6, 6.07) is 6.49. The molecule has 1 saturated heterocycles. The zero-order valence-electron chi connectivity index (χ0n) is 11.6. The topological polar surface area (TPSA) is 49.0 Å². The number of aromatic amines is 1. The smallest absolute Gasteiger partial charge is 0.136 e. The van der Waals surface area contributed by atoms with Gasteiger partial charge in [0.1, 0.15) is 5.78 Å². The number of rotatable bonds is 2. The van der Waals surface area contributed by atoms with Crippen LogP contribution in [0, 0.1) is 0 Å². The lowest BCUT2D eigenvalue weighted by atomic mass is 9.69. The van der Waals surface area contributed by atoms with Gasteiger partial charge in [0.05, 0.1) is 11.7 Å². The van der Waals surface area contributed by atoms with Crippen LogP contribution >= 0.6 is 0 Å². The lowest BCUT2D eigenvalue weighted by Crippen LogP contribution is -2.57. The Morgan fingerprint density at radius 2 is 2.25 bits per heavy atom. The minimum atomic E-state index is 0.179. The molecule has 2 aromatic rings. The molecule has 1 saturated carbocycles. The fourth-order valence-corrected chi connectivity index (χ4v) is 3.69. The van der Waals surface area contributed by atoms with Gasteiger partial charge in [-0.1, -0.05) is 12.1 Å². The molecule has 104 valence electrons. The molecule has 1 aromatic carbocycles. The van der Waals surface area contributed by atoms with Crippen LogP contribution in [0.5, 0.6) is 0 Å². The van der Waals surface area contributed by atoms with Gasteiger partial charge in [0.15, 0.2) is 0 Å². The van der Waals surface area contributed by atoms with Gasteiger partial charge in [-0.2, -0.15) is 5.10 Å². The number of Topliss-reactive ketones (excluding diaryl/α,β-unsaturated/α-hetero) is 1. The molecule has 2 aliphatic rings. The Labute approximate surface area is 118 Å². The van der Waals surface area contributed by atoms with Gasteiger partial charge < -0.3 is 0 Å². The number of H-pyrrole nitrogens is 1. The van der Waals surface area contributed by atoms with Crippen LogP contribution in [-0.2, 0) is 11.3 Å². The summed E-state index contributed by atoms with van der Waals surface area (Å²) < 4.78 is 0. The summed E-state index contributed by atoms with van der Waals surface area (Å²) in [6.07, 6.45) is 6.97. The number of likely N-dealkylation sites (tertiary alicyclic amines) is 1. The molecule has 1 aromatic heterocycles. The van der Waals surface area contributed by atoms with Crippen molar-refractivity contribution >= 4 is 16.7 Å². The standard InChI is InChI=1S/C16H19N3O/c20-14-4-7-19(16(9-14)5-1-6-16)11-12-2-3-13-10-17-18-15(13)8-12/h2-3,8,10H,1,4-7,9,11H2,(H,17,18). The first-order chi connectivity index (χ1) is 9.75. The summed E-state index contributed by atoms with van der Waals surface area (Å²) >= 11 is 0. The fraction of sp³-hybridized carbons (Fsp3) is 0.500. The number of carbonyl (C=O) groups is 1. The van der Waals surface area contributed by atoms with E-state index in [4.69, 9.17) is 0 Å². The quantitative estimate of drug-likeness (QED) is 0.911. The highest BCUT2D eigenvalue weighted by Crippen LogP contribution is 2.44. The largest absolute Gasteiger partial charge is 0.300 e. The average molecular weight is 269 g/mol. The number of piperidine rings is 1. The van der Waals surface area contributed by atoms with E-state index < -0.39 is 0 Å². The maximum absolute atomic E-state index is 11.8. The predicted octanol–water partition coefficient (Wildman–Crippen LogP) is 2.65. The van der Waals surface area contributed by atoms with Crippen LogP contribution < -0.4 is 0 Å².